The molecule has 0 fully saturated rings. The van der Waals surface area contributed by atoms with E-state index in [4.69, 9.17) is 0 Å². The predicted octanol–water partition coefficient (Wildman–Crippen LogP) is 2.89. The average molecular weight is 493 g/mol. The SMILES string of the molecule is CC(C)c1cc(-c2n[nH]c(=O)n2-c2ccc3c(c2)cc(C(=O)N(C)CCN(C)C)n3C)c(O)cc1O. The van der Waals surface area contributed by atoms with Crippen molar-refractivity contribution >= 4 is 16.8 Å². The normalized spacial score (nSPS) is 11.7. The van der Waals surface area contributed by atoms with Crippen LogP contribution in [0.15, 0.2) is 41.2 Å². The van der Waals surface area contributed by atoms with Crippen molar-refractivity contribution in [1.29, 1.82) is 0 Å². The van der Waals surface area contributed by atoms with E-state index in [-0.39, 0.29) is 29.1 Å². The summed E-state index contributed by atoms with van der Waals surface area (Å²) in [5.41, 5.74) is 2.39. The fourth-order valence-electron chi connectivity index (χ4n) is 4.28. The van der Waals surface area contributed by atoms with Gasteiger partial charge >= 0.3 is 5.69 Å². The smallest absolute Gasteiger partial charge is 0.348 e. The number of aromatic nitrogens is 4. The van der Waals surface area contributed by atoms with E-state index in [1.807, 2.05) is 62.7 Å². The summed E-state index contributed by atoms with van der Waals surface area (Å²) < 4.78 is 3.21. The van der Waals surface area contributed by atoms with Crippen LogP contribution >= 0.6 is 0 Å². The van der Waals surface area contributed by atoms with Gasteiger partial charge in [-0.1, -0.05) is 13.8 Å². The lowest BCUT2D eigenvalue weighted by Gasteiger charge is -2.19. The number of fused-ring (bicyclic) bond motifs is 1. The second kappa shape index (κ2) is 9.54. The van der Waals surface area contributed by atoms with Crippen molar-refractivity contribution in [2.24, 2.45) is 7.05 Å². The number of rotatable bonds is 7. The Hall–Kier alpha value is -4.05. The Balaban J connectivity index is 1.78. The first-order valence-corrected chi connectivity index (χ1v) is 11.7. The van der Waals surface area contributed by atoms with Crippen molar-refractivity contribution in [3.8, 4) is 28.6 Å². The maximum atomic E-state index is 13.1. The quantitative estimate of drug-likeness (QED) is 0.365. The number of nitrogens with one attached hydrogen (secondary N) is 1. The standard InChI is InChI=1S/C26H32N6O4/c1-15(2)18-13-19(23(34)14-22(18)33)24-27-28-26(36)32(24)17-7-8-20-16(11-17)12-21(31(20)6)25(35)30(5)10-9-29(3)4/h7-8,11-15,33-34H,9-10H2,1-6H3,(H,28,36). The van der Waals surface area contributed by atoms with Crippen LogP contribution in [-0.4, -0.2) is 79.5 Å². The number of carbonyl (C=O) groups is 1. The van der Waals surface area contributed by atoms with Gasteiger partial charge in [-0.3, -0.25) is 4.79 Å². The molecule has 0 spiro atoms. The molecule has 0 aliphatic rings. The van der Waals surface area contributed by atoms with Crippen LogP contribution in [0.1, 0.15) is 35.8 Å². The molecule has 0 aliphatic heterocycles. The second-order valence-corrected chi connectivity index (χ2v) is 9.63. The Bertz CT molecular complexity index is 1490. The third-order valence-corrected chi connectivity index (χ3v) is 6.41. The van der Waals surface area contributed by atoms with Gasteiger partial charge in [-0.2, -0.15) is 5.10 Å². The highest BCUT2D eigenvalue weighted by Gasteiger charge is 2.21. The molecule has 2 aromatic heterocycles. The monoisotopic (exact) mass is 492 g/mol. The number of aromatic hydroxyl groups is 2. The second-order valence-electron chi connectivity index (χ2n) is 9.63. The minimum atomic E-state index is -0.474. The van der Waals surface area contributed by atoms with Crippen LogP contribution in [0.4, 0.5) is 0 Å². The summed E-state index contributed by atoms with van der Waals surface area (Å²) in [4.78, 5) is 29.6. The first-order chi connectivity index (χ1) is 17.0. The number of hydrogen-bond donors (Lipinski definition) is 3. The van der Waals surface area contributed by atoms with Gasteiger partial charge in [0.2, 0.25) is 0 Å². The number of hydrogen-bond acceptors (Lipinski definition) is 6. The first kappa shape index (κ1) is 25.1. The lowest BCUT2D eigenvalue weighted by atomic mass is 9.98. The molecule has 4 rings (SSSR count). The van der Waals surface area contributed by atoms with Gasteiger partial charge in [-0.25, -0.2) is 14.5 Å². The number of carbonyl (C=O) groups excluding carboxylic acids is 1. The molecule has 0 atom stereocenters. The summed E-state index contributed by atoms with van der Waals surface area (Å²) in [5.74, 6) is -0.0837. The Morgan fingerprint density at radius 3 is 2.44 bits per heavy atom. The van der Waals surface area contributed by atoms with E-state index in [0.717, 1.165) is 17.4 Å². The molecule has 3 N–H and O–H groups in total. The van der Waals surface area contributed by atoms with E-state index in [2.05, 4.69) is 10.2 Å². The summed E-state index contributed by atoms with van der Waals surface area (Å²) in [6.45, 7) is 5.20. The Morgan fingerprint density at radius 1 is 1.06 bits per heavy atom. The van der Waals surface area contributed by atoms with Crippen molar-refractivity contribution in [1.82, 2.24) is 29.1 Å². The number of likely N-dealkylation sites (N-methyl/N-ethyl adjacent to an activating group) is 2. The molecule has 2 heterocycles. The maximum absolute atomic E-state index is 13.1. The Labute approximate surface area is 209 Å². The summed E-state index contributed by atoms with van der Waals surface area (Å²) >= 11 is 0. The van der Waals surface area contributed by atoms with Gasteiger partial charge in [0.05, 0.1) is 11.3 Å². The summed E-state index contributed by atoms with van der Waals surface area (Å²) in [6, 6.07) is 10.1. The van der Waals surface area contributed by atoms with Crippen LogP contribution in [0.25, 0.3) is 28.0 Å². The van der Waals surface area contributed by atoms with Crippen molar-refractivity contribution in [2.45, 2.75) is 19.8 Å². The average Bonchev–Trinajstić information content (AvgIpc) is 3.36. The largest absolute Gasteiger partial charge is 0.508 e. The number of H-pyrrole nitrogens is 1. The van der Waals surface area contributed by atoms with Crippen LogP contribution in [0.5, 0.6) is 11.5 Å². The molecule has 2 aromatic carbocycles. The molecule has 10 heteroatoms. The minimum Gasteiger partial charge on any atom is -0.508 e. The van der Waals surface area contributed by atoms with Crippen molar-refractivity contribution < 1.29 is 15.0 Å². The lowest BCUT2D eigenvalue weighted by Crippen LogP contribution is -2.34. The molecule has 4 aromatic rings. The molecular formula is C26H32N6O4. The van der Waals surface area contributed by atoms with E-state index in [0.29, 0.717) is 29.1 Å². The van der Waals surface area contributed by atoms with Crippen molar-refractivity contribution in [2.75, 3.05) is 34.2 Å². The van der Waals surface area contributed by atoms with Gasteiger partial charge in [-0.05, 0) is 55.9 Å². The van der Waals surface area contributed by atoms with Gasteiger partial charge in [0.1, 0.15) is 17.2 Å². The number of phenols is 2. The molecule has 0 aliphatic carbocycles. The summed E-state index contributed by atoms with van der Waals surface area (Å²) in [7, 11) is 7.54. The zero-order valence-electron chi connectivity index (χ0n) is 21.4. The Morgan fingerprint density at radius 2 is 1.78 bits per heavy atom. The number of phenolic OH excluding ortho intramolecular Hbond substituents is 2. The molecule has 10 nitrogen and oxygen atoms in total. The van der Waals surface area contributed by atoms with Gasteiger partial charge in [-0.15, -0.1) is 0 Å². The molecule has 0 saturated carbocycles. The highest BCUT2D eigenvalue weighted by atomic mass is 16.3. The zero-order chi connectivity index (χ0) is 26.3. The number of aryl methyl sites for hydroxylation is 1. The third-order valence-electron chi connectivity index (χ3n) is 6.41. The van der Waals surface area contributed by atoms with E-state index >= 15 is 0 Å². The van der Waals surface area contributed by atoms with E-state index in [9.17, 15) is 19.8 Å². The zero-order valence-corrected chi connectivity index (χ0v) is 21.4. The van der Waals surface area contributed by atoms with E-state index < -0.39 is 5.69 Å². The fraction of sp³-hybridized carbons (Fsp3) is 0.346. The molecule has 0 saturated heterocycles. The molecule has 36 heavy (non-hydrogen) atoms. The Kier molecular flexibility index (Phi) is 6.64. The van der Waals surface area contributed by atoms with Gasteiger partial charge in [0, 0.05) is 44.2 Å². The predicted molar refractivity (Wildman–Crippen MR) is 139 cm³/mol. The number of benzene rings is 2. The van der Waals surface area contributed by atoms with E-state index in [1.165, 1.54) is 10.6 Å². The molecule has 1 amide bonds. The molecular weight excluding hydrogens is 460 g/mol. The minimum absolute atomic E-state index is 0.00375. The molecule has 0 bridgehead atoms. The van der Waals surface area contributed by atoms with Crippen LogP contribution in [0.2, 0.25) is 0 Å². The lowest BCUT2D eigenvalue weighted by molar-refractivity contribution is 0.0777. The fourth-order valence-corrected chi connectivity index (χ4v) is 4.28. The highest BCUT2D eigenvalue weighted by molar-refractivity contribution is 5.99. The number of aromatic amines is 1. The van der Waals surface area contributed by atoms with Crippen LogP contribution in [-0.2, 0) is 7.05 Å². The summed E-state index contributed by atoms with van der Waals surface area (Å²) in [5, 5.41) is 28.2. The van der Waals surface area contributed by atoms with E-state index in [1.54, 1.807) is 24.1 Å². The van der Waals surface area contributed by atoms with Gasteiger partial charge < -0.3 is 24.6 Å². The molecule has 190 valence electrons. The molecule has 0 radical (unpaired) electrons. The van der Waals surface area contributed by atoms with Crippen LogP contribution in [0, 0.1) is 0 Å². The first-order valence-electron chi connectivity index (χ1n) is 11.7. The van der Waals surface area contributed by atoms with Crippen molar-refractivity contribution in [3.05, 3.63) is 58.1 Å². The third kappa shape index (κ3) is 4.47. The number of amides is 1. The number of nitrogens with zero attached hydrogens (tertiary/aromatic N) is 5. The van der Waals surface area contributed by atoms with Gasteiger partial charge in [0.25, 0.3) is 5.91 Å². The molecule has 0 unspecified atom stereocenters. The van der Waals surface area contributed by atoms with Crippen LogP contribution in [0.3, 0.4) is 0 Å². The van der Waals surface area contributed by atoms with Crippen molar-refractivity contribution in [3.63, 3.8) is 0 Å². The van der Waals surface area contributed by atoms with Crippen LogP contribution < -0.4 is 5.69 Å². The maximum Gasteiger partial charge on any atom is 0.348 e. The summed E-state index contributed by atoms with van der Waals surface area (Å²) in [6.07, 6.45) is 0. The highest BCUT2D eigenvalue weighted by Crippen LogP contribution is 2.37. The van der Waals surface area contributed by atoms with Gasteiger partial charge in [0.15, 0.2) is 5.82 Å². The topological polar surface area (TPSA) is 120 Å².